The molecular formula is C11H19NO3. The molecule has 86 valence electrons. The number of rotatable bonds is 2. The van der Waals surface area contributed by atoms with Crippen LogP contribution in [-0.4, -0.2) is 48.3 Å². The van der Waals surface area contributed by atoms with Gasteiger partial charge in [-0.05, 0) is 19.3 Å². The molecule has 0 aromatic rings. The summed E-state index contributed by atoms with van der Waals surface area (Å²) in [5.41, 5.74) is 0. The van der Waals surface area contributed by atoms with Crippen LogP contribution in [0.5, 0.6) is 0 Å². The summed E-state index contributed by atoms with van der Waals surface area (Å²) in [5.74, 6) is 0.195. The molecule has 2 rings (SSSR count). The summed E-state index contributed by atoms with van der Waals surface area (Å²) in [6.45, 7) is 1.41. The molecule has 0 aromatic carbocycles. The summed E-state index contributed by atoms with van der Waals surface area (Å²) < 4.78 is 5.54. The smallest absolute Gasteiger partial charge is 0.222 e. The largest absolute Gasteiger partial charge is 0.390 e. The van der Waals surface area contributed by atoms with Crippen molar-refractivity contribution < 1.29 is 14.6 Å². The van der Waals surface area contributed by atoms with E-state index in [4.69, 9.17) is 4.74 Å². The average molecular weight is 213 g/mol. The highest BCUT2D eigenvalue weighted by Crippen LogP contribution is 2.26. The summed E-state index contributed by atoms with van der Waals surface area (Å²) in [6.07, 6.45) is 3.08. The molecule has 2 aliphatic rings. The lowest BCUT2D eigenvalue weighted by Crippen LogP contribution is -2.38. The van der Waals surface area contributed by atoms with Crippen molar-refractivity contribution in [3.05, 3.63) is 0 Å². The normalized spacial score (nSPS) is 34.5. The van der Waals surface area contributed by atoms with Gasteiger partial charge in [-0.3, -0.25) is 4.79 Å². The lowest BCUT2D eigenvalue weighted by Gasteiger charge is -2.30. The standard InChI is InChI=1S/C11H19NO3/c1-12-7-8(6-10(12)13)11(14)9-4-2-3-5-15-9/h8-9,11,14H,2-7H2,1H3. The summed E-state index contributed by atoms with van der Waals surface area (Å²) in [7, 11) is 1.79. The predicted octanol–water partition coefficient (Wildman–Crippen LogP) is 0.395. The van der Waals surface area contributed by atoms with Crippen LogP contribution in [0, 0.1) is 5.92 Å². The maximum atomic E-state index is 11.3. The third kappa shape index (κ3) is 2.32. The van der Waals surface area contributed by atoms with Crippen molar-refractivity contribution in [3.8, 4) is 0 Å². The topological polar surface area (TPSA) is 49.8 Å². The lowest BCUT2D eigenvalue weighted by atomic mass is 9.93. The number of carbonyl (C=O) groups excluding carboxylic acids is 1. The maximum absolute atomic E-state index is 11.3. The van der Waals surface area contributed by atoms with Crippen LogP contribution in [0.4, 0.5) is 0 Å². The van der Waals surface area contributed by atoms with E-state index in [2.05, 4.69) is 0 Å². The molecule has 3 atom stereocenters. The second kappa shape index (κ2) is 4.49. The fourth-order valence-corrected chi connectivity index (χ4v) is 2.47. The number of nitrogens with zero attached hydrogens (tertiary/aromatic N) is 1. The maximum Gasteiger partial charge on any atom is 0.222 e. The molecule has 2 aliphatic heterocycles. The van der Waals surface area contributed by atoms with E-state index >= 15 is 0 Å². The number of likely N-dealkylation sites (tertiary alicyclic amines) is 1. The zero-order valence-electron chi connectivity index (χ0n) is 9.19. The van der Waals surface area contributed by atoms with E-state index in [1.165, 1.54) is 0 Å². The second-order valence-electron chi connectivity index (χ2n) is 4.63. The molecule has 0 aliphatic carbocycles. The molecular weight excluding hydrogens is 194 g/mol. The minimum Gasteiger partial charge on any atom is -0.390 e. The number of aliphatic hydroxyl groups excluding tert-OH is 1. The molecule has 2 saturated heterocycles. The highest BCUT2D eigenvalue weighted by Gasteiger charge is 2.36. The molecule has 0 saturated carbocycles. The summed E-state index contributed by atoms with van der Waals surface area (Å²) in [5, 5.41) is 10.1. The molecule has 0 spiro atoms. The van der Waals surface area contributed by atoms with Gasteiger partial charge in [-0.2, -0.15) is 0 Å². The van der Waals surface area contributed by atoms with Crippen LogP contribution >= 0.6 is 0 Å². The molecule has 3 unspecified atom stereocenters. The quantitative estimate of drug-likeness (QED) is 0.722. The van der Waals surface area contributed by atoms with Crippen LogP contribution in [0.3, 0.4) is 0 Å². The average Bonchev–Trinajstić information content (AvgIpc) is 2.59. The van der Waals surface area contributed by atoms with Crippen molar-refractivity contribution in [1.82, 2.24) is 4.90 Å². The highest BCUT2D eigenvalue weighted by atomic mass is 16.5. The van der Waals surface area contributed by atoms with Gasteiger partial charge in [0.15, 0.2) is 0 Å². The highest BCUT2D eigenvalue weighted by molar-refractivity contribution is 5.78. The Bertz CT molecular complexity index is 238. The second-order valence-corrected chi connectivity index (χ2v) is 4.63. The van der Waals surface area contributed by atoms with E-state index in [0.717, 1.165) is 25.9 Å². The summed E-state index contributed by atoms with van der Waals surface area (Å²) in [4.78, 5) is 13.0. The van der Waals surface area contributed by atoms with Crippen LogP contribution in [0.25, 0.3) is 0 Å². The van der Waals surface area contributed by atoms with Crippen molar-refractivity contribution in [2.45, 2.75) is 37.9 Å². The minimum absolute atomic E-state index is 0.0527. The Morgan fingerprint density at radius 2 is 2.33 bits per heavy atom. The van der Waals surface area contributed by atoms with Gasteiger partial charge in [0.25, 0.3) is 0 Å². The third-order valence-corrected chi connectivity index (χ3v) is 3.45. The Labute approximate surface area is 90.2 Å². The van der Waals surface area contributed by atoms with Crippen LogP contribution in [-0.2, 0) is 9.53 Å². The molecule has 2 heterocycles. The molecule has 1 amide bonds. The number of aliphatic hydroxyl groups is 1. The first-order chi connectivity index (χ1) is 7.18. The number of hydrogen-bond acceptors (Lipinski definition) is 3. The summed E-state index contributed by atoms with van der Waals surface area (Å²) >= 11 is 0. The summed E-state index contributed by atoms with van der Waals surface area (Å²) in [6, 6.07) is 0. The van der Waals surface area contributed by atoms with E-state index in [1.807, 2.05) is 0 Å². The van der Waals surface area contributed by atoms with Crippen molar-refractivity contribution in [3.63, 3.8) is 0 Å². The number of carbonyl (C=O) groups is 1. The van der Waals surface area contributed by atoms with E-state index in [0.29, 0.717) is 13.0 Å². The molecule has 4 heteroatoms. The van der Waals surface area contributed by atoms with Gasteiger partial charge in [0.1, 0.15) is 0 Å². The Morgan fingerprint density at radius 1 is 1.53 bits per heavy atom. The Morgan fingerprint density at radius 3 is 2.87 bits per heavy atom. The van der Waals surface area contributed by atoms with Gasteiger partial charge in [0, 0.05) is 32.5 Å². The molecule has 15 heavy (non-hydrogen) atoms. The molecule has 0 aromatic heterocycles. The van der Waals surface area contributed by atoms with Crippen LogP contribution in [0.2, 0.25) is 0 Å². The van der Waals surface area contributed by atoms with Crippen LogP contribution < -0.4 is 0 Å². The van der Waals surface area contributed by atoms with E-state index in [-0.39, 0.29) is 17.9 Å². The van der Waals surface area contributed by atoms with Gasteiger partial charge < -0.3 is 14.7 Å². The van der Waals surface area contributed by atoms with Gasteiger partial charge in [-0.15, -0.1) is 0 Å². The molecule has 2 fully saturated rings. The van der Waals surface area contributed by atoms with Crippen molar-refractivity contribution in [2.75, 3.05) is 20.2 Å². The van der Waals surface area contributed by atoms with E-state index < -0.39 is 6.10 Å². The predicted molar refractivity (Wildman–Crippen MR) is 55.3 cm³/mol. The van der Waals surface area contributed by atoms with Crippen LogP contribution in [0.15, 0.2) is 0 Å². The van der Waals surface area contributed by atoms with Crippen molar-refractivity contribution in [2.24, 2.45) is 5.92 Å². The number of ether oxygens (including phenoxy) is 1. The van der Waals surface area contributed by atoms with Gasteiger partial charge in [-0.25, -0.2) is 0 Å². The van der Waals surface area contributed by atoms with Gasteiger partial charge in [0.2, 0.25) is 5.91 Å². The minimum atomic E-state index is -0.473. The van der Waals surface area contributed by atoms with E-state index in [1.54, 1.807) is 11.9 Å². The van der Waals surface area contributed by atoms with Crippen molar-refractivity contribution in [1.29, 1.82) is 0 Å². The first kappa shape index (κ1) is 10.9. The molecule has 0 bridgehead atoms. The lowest BCUT2D eigenvalue weighted by molar-refractivity contribution is -0.126. The SMILES string of the molecule is CN1CC(C(O)C2CCCCO2)CC1=O. The number of hydrogen-bond donors (Lipinski definition) is 1. The molecule has 4 nitrogen and oxygen atoms in total. The van der Waals surface area contributed by atoms with Gasteiger partial charge in [0.05, 0.1) is 12.2 Å². The zero-order chi connectivity index (χ0) is 10.8. The third-order valence-electron chi connectivity index (χ3n) is 3.45. The fourth-order valence-electron chi connectivity index (χ4n) is 2.47. The molecule has 1 N–H and O–H groups in total. The van der Waals surface area contributed by atoms with Crippen LogP contribution in [0.1, 0.15) is 25.7 Å². The zero-order valence-corrected chi connectivity index (χ0v) is 9.19. The first-order valence-electron chi connectivity index (χ1n) is 5.72. The number of amides is 1. The van der Waals surface area contributed by atoms with E-state index in [9.17, 15) is 9.90 Å². The Hall–Kier alpha value is -0.610. The Kier molecular flexibility index (Phi) is 3.26. The first-order valence-corrected chi connectivity index (χ1v) is 5.72. The van der Waals surface area contributed by atoms with Crippen molar-refractivity contribution >= 4 is 5.91 Å². The Balaban J connectivity index is 1.90. The monoisotopic (exact) mass is 213 g/mol. The van der Waals surface area contributed by atoms with Gasteiger partial charge in [-0.1, -0.05) is 0 Å². The van der Waals surface area contributed by atoms with Gasteiger partial charge >= 0.3 is 0 Å². The fraction of sp³-hybridized carbons (Fsp3) is 0.909. The molecule has 0 radical (unpaired) electrons.